The first-order valence-corrected chi connectivity index (χ1v) is 5.91. The van der Waals surface area contributed by atoms with E-state index in [0.29, 0.717) is 6.54 Å². The largest absolute Gasteiger partial charge is 0.497 e. The predicted molar refractivity (Wildman–Crippen MR) is 69.7 cm³/mol. The van der Waals surface area contributed by atoms with Crippen molar-refractivity contribution in [2.75, 3.05) is 7.11 Å². The second kappa shape index (κ2) is 7.38. The van der Waals surface area contributed by atoms with Gasteiger partial charge in [-0.25, -0.2) is 0 Å². The van der Waals surface area contributed by atoms with Crippen LogP contribution in [0.5, 0.6) is 5.75 Å². The standard InChI is InChI=1S/C13H18N2O4/c1-19-10-4-2-3-9(7-10)8-15-12(16)6-5-11(14)13(17)18/h2-4,7,11H,5-6,8,14H2,1H3,(H,15,16)(H,17,18). The maximum atomic E-state index is 11.5. The minimum atomic E-state index is -1.10. The van der Waals surface area contributed by atoms with Crippen LogP contribution in [0, 0.1) is 0 Å². The van der Waals surface area contributed by atoms with E-state index in [2.05, 4.69) is 5.32 Å². The van der Waals surface area contributed by atoms with E-state index in [4.69, 9.17) is 15.6 Å². The third-order valence-corrected chi connectivity index (χ3v) is 2.62. The second-order valence-electron chi connectivity index (χ2n) is 4.11. The van der Waals surface area contributed by atoms with Crippen molar-refractivity contribution < 1.29 is 19.4 Å². The lowest BCUT2D eigenvalue weighted by molar-refractivity contribution is -0.138. The molecule has 6 nitrogen and oxygen atoms in total. The zero-order chi connectivity index (χ0) is 14.3. The molecule has 0 heterocycles. The summed E-state index contributed by atoms with van der Waals surface area (Å²) in [5.41, 5.74) is 6.23. The van der Waals surface area contributed by atoms with E-state index in [1.807, 2.05) is 24.3 Å². The molecule has 0 aliphatic rings. The SMILES string of the molecule is COc1cccc(CNC(=O)CCC(N)C(=O)O)c1. The van der Waals surface area contributed by atoms with Crippen molar-refractivity contribution >= 4 is 11.9 Å². The van der Waals surface area contributed by atoms with Gasteiger partial charge in [-0.3, -0.25) is 9.59 Å². The fourth-order valence-electron chi connectivity index (χ4n) is 1.48. The summed E-state index contributed by atoms with van der Waals surface area (Å²) in [4.78, 5) is 22.0. The minimum Gasteiger partial charge on any atom is -0.497 e. The second-order valence-corrected chi connectivity index (χ2v) is 4.11. The zero-order valence-corrected chi connectivity index (χ0v) is 10.8. The van der Waals surface area contributed by atoms with Crippen LogP contribution >= 0.6 is 0 Å². The number of benzene rings is 1. The Morgan fingerprint density at radius 3 is 2.84 bits per heavy atom. The molecule has 0 fully saturated rings. The van der Waals surface area contributed by atoms with Crippen LogP contribution in [-0.2, 0) is 16.1 Å². The molecular formula is C13H18N2O4. The predicted octanol–water partition coefficient (Wildman–Crippen LogP) is 0.504. The van der Waals surface area contributed by atoms with E-state index in [0.717, 1.165) is 11.3 Å². The van der Waals surface area contributed by atoms with Gasteiger partial charge < -0.3 is 20.9 Å². The molecule has 1 atom stereocenters. The number of carbonyl (C=O) groups excluding carboxylic acids is 1. The topological polar surface area (TPSA) is 102 Å². The third kappa shape index (κ3) is 5.39. The van der Waals surface area contributed by atoms with Gasteiger partial charge in [0.15, 0.2) is 0 Å². The first-order chi connectivity index (χ1) is 9.02. The van der Waals surface area contributed by atoms with Gasteiger partial charge >= 0.3 is 5.97 Å². The quantitative estimate of drug-likeness (QED) is 0.667. The molecule has 1 aromatic carbocycles. The Hall–Kier alpha value is -2.08. The van der Waals surface area contributed by atoms with Gasteiger partial charge in [0.1, 0.15) is 11.8 Å². The summed E-state index contributed by atoms with van der Waals surface area (Å²) in [6.45, 7) is 0.373. The molecule has 6 heteroatoms. The summed E-state index contributed by atoms with van der Waals surface area (Å²) in [6.07, 6.45) is 0.219. The number of methoxy groups -OCH3 is 1. The van der Waals surface area contributed by atoms with Crippen LogP contribution in [0.15, 0.2) is 24.3 Å². The lowest BCUT2D eigenvalue weighted by Crippen LogP contribution is -2.32. The highest BCUT2D eigenvalue weighted by Gasteiger charge is 2.13. The molecule has 1 unspecified atom stereocenters. The lowest BCUT2D eigenvalue weighted by atomic mass is 10.1. The van der Waals surface area contributed by atoms with Crippen LogP contribution in [0.1, 0.15) is 18.4 Å². The summed E-state index contributed by atoms with van der Waals surface area (Å²) in [6, 6.07) is 6.34. The lowest BCUT2D eigenvalue weighted by Gasteiger charge is -2.08. The molecule has 0 saturated carbocycles. The number of ether oxygens (including phenoxy) is 1. The van der Waals surface area contributed by atoms with Crippen molar-refractivity contribution in [3.63, 3.8) is 0 Å². The van der Waals surface area contributed by atoms with Crippen molar-refractivity contribution in [2.45, 2.75) is 25.4 Å². The smallest absolute Gasteiger partial charge is 0.320 e. The molecule has 1 aromatic rings. The molecule has 0 saturated heterocycles. The summed E-state index contributed by atoms with van der Waals surface area (Å²) < 4.78 is 5.07. The minimum absolute atomic E-state index is 0.0947. The van der Waals surface area contributed by atoms with Crippen molar-refractivity contribution in [3.8, 4) is 5.75 Å². The van der Waals surface area contributed by atoms with Crippen LogP contribution in [-0.4, -0.2) is 30.1 Å². The molecule has 4 N–H and O–H groups in total. The van der Waals surface area contributed by atoms with Crippen LogP contribution in [0.2, 0.25) is 0 Å². The molecule has 0 aliphatic heterocycles. The Morgan fingerprint density at radius 2 is 2.21 bits per heavy atom. The van der Waals surface area contributed by atoms with Gasteiger partial charge in [0, 0.05) is 13.0 Å². The maximum absolute atomic E-state index is 11.5. The molecule has 1 amide bonds. The molecule has 1 rings (SSSR count). The molecular weight excluding hydrogens is 248 g/mol. The third-order valence-electron chi connectivity index (χ3n) is 2.62. The summed E-state index contributed by atoms with van der Waals surface area (Å²) >= 11 is 0. The fourth-order valence-corrected chi connectivity index (χ4v) is 1.48. The van der Waals surface area contributed by atoms with E-state index in [-0.39, 0.29) is 18.7 Å². The van der Waals surface area contributed by atoms with Crippen molar-refractivity contribution in [3.05, 3.63) is 29.8 Å². The van der Waals surface area contributed by atoms with Crippen LogP contribution in [0.3, 0.4) is 0 Å². The van der Waals surface area contributed by atoms with E-state index in [1.165, 1.54) is 0 Å². The van der Waals surface area contributed by atoms with Crippen molar-refractivity contribution in [2.24, 2.45) is 5.73 Å². The Kier molecular flexibility index (Phi) is 5.81. The number of hydrogen-bond acceptors (Lipinski definition) is 4. The highest BCUT2D eigenvalue weighted by Crippen LogP contribution is 2.12. The molecule has 19 heavy (non-hydrogen) atoms. The Morgan fingerprint density at radius 1 is 1.47 bits per heavy atom. The first-order valence-electron chi connectivity index (χ1n) is 5.91. The Bertz CT molecular complexity index is 448. The maximum Gasteiger partial charge on any atom is 0.320 e. The fraction of sp³-hybridized carbons (Fsp3) is 0.385. The summed E-state index contributed by atoms with van der Waals surface area (Å²) in [5, 5.41) is 11.3. The summed E-state index contributed by atoms with van der Waals surface area (Å²) in [7, 11) is 1.57. The first kappa shape index (κ1) is 15.0. The molecule has 0 spiro atoms. The number of nitrogens with one attached hydrogen (secondary N) is 1. The number of carbonyl (C=O) groups is 2. The zero-order valence-electron chi connectivity index (χ0n) is 10.8. The number of amides is 1. The van der Waals surface area contributed by atoms with Crippen molar-refractivity contribution in [1.82, 2.24) is 5.32 Å². The number of aliphatic carboxylic acids is 1. The molecule has 104 valence electrons. The number of carboxylic acid groups (broad SMARTS) is 1. The number of nitrogens with two attached hydrogens (primary N) is 1. The van der Waals surface area contributed by atoms with Gasteiger partial charge in [0.05, 0.1) is 7.11 Å². The molecule has 0 radical (unpaired) electrons. The molecule has 0 bridgehead atoms. The van der Waals surface area contributed by atoms with E-state index >= 15 is 0 Å². The highest BCUT2D eigenvalue weighted by atomic mass is 16.5. The number of rotatable bonds is 7. The number of hydrogen-bond donors (Lipinski definition) is 3. The summed E-state index contributed by atoms with van der Waals surface area (Å²) in [5.74, 6) is -0.597. The normalized spacial score (nSPS) is 11.7. The number of carboxylic acids is 1. The van der Waals surface area contributed by atoms with E-state index in [1.54, 1.807) is 7.11 Å². The van der Waals surface area contributed by atoms with Crippen LogP contribution in [0.4, 0.5) is 0 Å². The van der Waals surface area contributed by atoms with Gasteiger partial charge in [-0.1, -0.05) is 12.1 Å². The van der Waals surface area contributed by atoms with Gasteiger partial charge in [-0.05, 0) is 24.1 Å². The Balaban J connectivity index is 2.35. The molecule has 0 aromatic heterocycles. The van der Waals surface area contributed by atoms with Gasteiger partial charge in [-0.2, -0.15) is 0 Å². The van der Waals surface area contributed by atoms with Crippen LogP contribution < -0.4 is 15.8 Å². The van der Waals surface area contributed by atoms with Crippen molar-refractivity contribution in [1.29, 1.82) is 0 Å². The van der Waals surface area contributed by atoms with E-state index in [9.17, 15) is 9.59 Å². The van der Waals surface area contributed by atoms with Crippen LogP contribution in [0.25, 0.3) is 0 Å². The van der Waals surface area contributed by atoms with Gasteiger partial charge in [0.2, 0.25) is 5.91 Å². The molecule has 0 aliphatic carbocycles. The highest BCUT2D eigenvalue weighted by molar-refractivity contribution is 5.78. The Labute approximate surface area is 111 Å². The monoisotopic (exact) mass is 266 g/mol. The average Bonchev–Trinajstić information content (AvgIpc) is 2.42. The van der Waals surface area contributed by atoms with Gasteiger partial charge in [0.25, 0.3) is 0 Å². The van der Waals surface area contributed by atoms with Gasteiger partial charge in [-0.15, -0.1) is 0 Å². The van der Waals surface area contributed by atoms with E-state index < -0.39 is 12.0 Å². The average molecular weight is 266 g/mol.